The van der Waals surface area contributed by atoms with Gasteiger partial charge in [0.15, 0.2) is 19.7 Å². The van der Waals surface area contributed by atoms with Crippen molar-refractivity contribution in [3.8, 4) is 0 Å². The molecule has 11 rings (SSSR count). The SMILES string of the molecule is O=S(=O)(c1cccc2c1CCCC2)C1COC1.O=S(=O)(c1cccc2ncccc12)C1COC1.Sc1cccc2ncccc12.c1cc(SC2COC2)c2cccnc2c1. The van der Waals surface area contributed by atoms with E-state index in [9.17, 15) is 16.8 Å². The lowest BCUT2D eigenvalue weighted by atomic mass is 9.92. The molecule has 0 radical (unpaired) electrons. The molecule has 3 fully saturated rings. The van der Waals surface area contributed by atoms with E-state index in [0.717, 1.165) is 59.4 Å². The fraction of sp³-hybridized carbons (Fsp3) is 0.283. The number of ether oxygens (including phenoxy) is 3. The van der Waals surface area contributed by atoms with Crippen LogP contribution in [0.3, 0.4) is 0 Å². The molecule has 0 amide bonds. The van der Waals surface area contributed by atoms with Gasteiger partial charge < -0.3 is 14.2 Å². The summed E-state index contributed by atoms with van der Waals surface area (Å²) in [6, 6.07) is 34.6. The van der Waals surface area contributed by atoms with Gasteiger partial charge >= 0.3 is 0 Å². The van der Waals surface area contributed by atoms with Crippen LogP contribution in [-0.4, -0.2) is 87.2 Å². The summed E-state index contributed by atoms with van der Waals surface area (Å²) in [7, 11) is -6.46. The van der Waals surface area contributed by atoms with Gasteiger partial charge in [0.05, 0.1) is 71.2 Å². The Hall–Kier alpha value is -4.41. The maximum absolute atomic E-state index is 12.4. The number of nitrogens with zero attached hydrogens (tertiary/aromatic N) is 3. The van der Waals surface area contributed by atoms with E-state index in [-0.39, 0.29) is 5.25 Å². The lowest BCUT2D eigenvalue weighted by molar-refractivity contribution is 0.0414. The molecule has 3 saturated heterocycles. The fourth-order valence-corrected chi connectivity index (χ4v) is 12.0. The average molecular weight is 880 g/mol. The lowest BCUT2D eigenvalue weighted by Crippen LogP contribution is -2.41. The normalized spacial score (nSPS) is 16.7. The van der Waals surface area contributed by atoms with Crippen molar-refractivity contribution in [2.75, 3.05) is 39.6 Å². The molecule has 6 heterocycles. The largest absolute Gasteiger partial charge is 0.379 e. The number of rotatable bonds is 6. The van der Waals surface area contributed by atoms with Crippen LogP contribution < -0.4 is 0 Å². The van der Waals surface area contributed by atoms with Gasteiger partial charge in [0.1, 0.15) is 10.5 Å². The molecule has 0 atom stereocenters. The van der Waals surface area contributed by atoms with Gasteiger partial charge in [-0.3, -0.25) is 15.0 Å². The Morgan fingerprint density at radius 1 is 0.517 bits per heavy atom. The minimum Gasteiger partial charge on any atom is -0.379 e. The molecule has 0 spiro atoms. The second kappa shape index (κ2) is 19.1. The number of benzene rings is 4. The van der Waals surface area contributed by atoms with E-state index < -0.39 is 24.9 Å². The molecule has 310 valence electrons. The van der Waals surface area contributed by atoms with Crippen LogP contribution in [0.4, 0.5) is 0 Å². The molecule has 60 heavy (non-hydrogen) atoms. The van der Waals surface area contributed by atoms with E-state index in [1.807, 2.05) is 66.5 Å². The maximum Gasteiger partial charge on any atom is 0.186 e. The number of sulfone groups is 2. The van der Waals surface area contributed by atoms with E-state index in [4.69, 9.17) is 14.2 Å². The predicted molar refractivity (Wildman–Crippen MR) is 240 cm³/mol. The second-order valence-corrected chi connectivity index (χ2v) is 21.0. The number of aromatic nitrogens is 3. The monoisotopic (exact) mass is 879 g/mol. The highest BCUT2D eigenvalue weighted by Gasteiger charge is 2.36. The van der Waals surface area contributed by atoms with E-state index >= 15 is 0 Å². The molecular weight excluding hydrogens is 835 g/mol. The second-order valence-electron chi connectivity index (χ2n) is 14.8. The number of hydrogen-bond donors (Lipinski definition) is 1. The quantitative estimate of drug-likeness (QED) is 0.162. The standard InChI is InChI=1S/C13H16O3S.C12H11NO3S.C12H11NOS.C9H7NS/c14-17(15,11-8-16-9-11)13-7-3-5-10-4-1-2-6-12(10)13;14-17(15,9-7-16-8-9)12-5-1-4-11-10(12)3-2-6-13-11;1-4-11-10(3-2-6-13-11)12(5-1)15-9-7-14-8-9;11-9-5-1-4-8-7(9)3-2-6-10-8/h3,5,7,11H,1-2,4,6,8-9H2;1-6,9H,7-8H2;1-6,9H,7-8H2;1-6,11H. The molecule has 1 aliphatic carbocycles. The number of hydrogen-bond acceptors (Lipinski definition) is 12. The molecule has 7 aromatic rings. The fourth-order valence-electron chi connectivity index (χ4n) is 7.21. The van der Waals surface area contributed by atoms with Crippen molar-refractivity contribution < 1.29 is 31.0 Å². The van der Waals surface area contributed by atoms with Crippen LogP contribution in [0.5, 0.6) is 0 Å². The van der Waals surface area contributed by atoms with E-state index in [1.54, 1.807) is 42.7 Å². The van der Waals surface area contributed by atoms with Gasteiger partial charge in [0.25, 0.3) is 0 Å². The van der Waals surface area contributed by atoms with Gasteiger partial charge in [-0.15, -0.1) is 24.4 Å². The predicted octanol–water partition coefficient (Wildman–Crippen LogP) is 8.39. The number of thioether (sulfide) groups is 1. The van der Waals surface area contributed by atoms with Gasteiger partial charge in [-0.25, -0.2) is 16.8 Å². The summed E-state index contributed by atoms with van der Waals surface area (Å²) < 4.78 is 64.6. The van der Waals surface area contributed by atoms with E-state index in [1.165, 1.54) is 22.3 Å². The van der Waals surface area contributed by atoms with Crippen LogP contribution in [-0.2, 0) is 46.7 Å². The van der Waals surface area contributed by atoms with Crippen LogP contribution in [0.15, 0.2) is 147 Å². The summed E-state index contributed by atoms with van der Waals surface area (Å²) in [6.07, 6.45) is 9.46. The summed E-state index contributed by atoms with van der Waals surface area (Å²) in [6.45, 7) is 3.04. The van der Waals surface area contributed by atoms with Crippen LogP contribution in [0, 0.1) is 0 Å². The number of pyridine rings is 3. The van der Waals surface area contributed by atoms with Gasteiger partial charge in [-0.1, -0.05) is 42.5 Å². The van der Waals surface area contributed by atoms with Crippen molar-refractivity contribution in [1.29, 1.82) is 0 Å². The van der Waals surface area contributed by atoms with Crippen LogP contribution in [0.1, 0.15) is 24.0 Å². The topological polar surface area (TPSA) is 135 Å². The highest BCUT2D eigenvalue weighted by atomic mass is 32.2. The molecule has 0 unspecified atom stereocenters. The first-order valence-electron chi connectivity index (χ1n) is 19.9. The third kappa shape index (κ3) is 9.40. The molecular formula is C46H45N3O7S4. The van der Waals surface area contributed by atoms with Crippen molar-refractivity contribution in [1.82, 2.24) is 15.0 Å². The number of thiol groups is 1. The molecule has 0 saturated carbocycles. The molecule has 4 aliphatic rings. The zero-order valence-electron chi connectivity index (χ0n) is 32.8. The van der Waals surface area contributed by atoms with Gasteiger partial charge in [-0.2, -0.15) is 0 Å². The van der Waals surface area contributed by atoms with Gasteiger partial charge in [0, 0.05) is 44.5 Å². The summed E-state index contributed by atoms with van der Waals surface area (Å²) in [5, 5.41) is 2.93. The lowest BCUT2D eigenvalue weighted by Gasteiger charge is -2.28. The Morgan fingerprint density at radius 2 is 1.02 bits per heavy atom. The first-order chi connectivity index (χ1) is 29.2. The molecule has 3 aromatic heterocycles. The Kier molecular flexibility index (Phi) is 13.5. The molecule has 3 aliphatic heterocycles. The van der Waals surface area contributed by atoms with Gasteiger partial charge in [0.2, 0.25) is 0 Å². The average Bonchev–Trinajstić information content (AvgIpc) is 3.21. The number of fused-ring (bicyclic) bond motifs is 4. The van der Waals surface area contributed by atoms with Crippen LogP contribution in [0.25, 0.3) is 32.7 Å². The number of aryl methyl sites for hydroxylation is 1. The summed E-state index contributed by atoms with van der Waals surface area (Å²) in [5.41, 5.74) is 5.06. The van der Waals surface area contributed by atoms with Crippen molar-refractivity contribution in [2.45, 2.75) is 61.0 Å². The minimum atomic E-state index is -3.29. The Morgan fingerprint density at radius 3 is 1.62 bits per heavy atom. The molecule has 0 bridgehead atoms. The molecule has 10 nitrogen and oxygen atoms in total. The third-order valence-electron chi connectivity index (χ3n) is 10.8. The molecule has 14 heteroatoms. The highest BCUT2D eigenvalue weighted by molar-refractivity contribution is 8.00. The summed E-state index contributed by atoms with van der Waals surface area (Å²) >= 11 is 6.21. The molecule has 0 N–H and O–H groups in total. The first-order valence-corrected chi connectivity index (χ1v) is 24.3. The summed E-state index contributed by atoms with van der Waals surface area (Å²) in [4.78, 5) is 15.9. The van der Waals surface area contributed by atoms with Gasteiger partial charge in [-0.05, 0) is 104 Å². The van der Waals surface area contributed by atoms with Crippen LogP contribution >= 0.6 is 24.4 Å². The third-order valence-corrected chi connectivity index (χ3v) is 16.7. The van der Waals surface area contributed by atoms with Crippen molar-refractivity contribution in [3.05, 3.63) is 139 Å². The minimum absolute atomic E-state index is 0.291. The highest BCUT2D eigenvalue weighted by Crippen LogP contribution is 2.34. The van der Waals surface area contributed by atoms with Crippen molar-refractivity contribution in [3.63, 3.8) is 0 Å². The Bertz CT molecular complexity index is 2810. The van der Waals surface area contributed by atoms with Crippen molar-refractivity contribution in [2.24, 2.45) is 0 Å². The maximum atomic E-state index is 12.4. The van der Waals surface area contributed by atoms with Crippen molar-refractivity contribution >= 4 is 76.8 Å². The Labute approximate surface area is 360 Å². The first kappa shape index (κ1) is 42.3. The van der Waals surface area contributed by atoms with E-state index in [0.29, 0.717) is 52.4 Å². The summed E-state index contributed by atoms with van der Waals surface area (Å²) in [5.74, 6) is 0. The Balaban J connectivity index is 0.000000112. The molecule has 4 aromatic carbocycles. The smallest absolute Gasteiger partial charge is 0.186 e. The van der Waals surface area contributed by atoms with Crippen LogP contribution in [0.2, 0.25) is 0 Å². The van der Waals surface area contributed by atoms with E-state index in [2.05, 4.69) is 57.9 Å². The zero-order valence-corrected chi connectivity index (χ0v) is 36.1. The zero-order chi connectivity index (χ0) is 41.5.